The molecule has 0 amide bonds. The Bertz CT molecular complexity index is 961. The fourth-order valence-corrected chi connectivity index (χ4v) is 3.55. The average molecular weight is 372 g/mol. The van der Waals surface area contributed by atoms with E-state index in [4.69, 9.17) is 9.97 Å². The molecular formula is C23H17FN2S. The molecule has 4 heteroatoms. The van der Waals surface area contributed by atoms with Crippen molar-refractivity contribution in [1.82, 2.24) is 9.97 Å². The maximum Gasteiger partial charge on any atom is 0.189 e. The third kappa shape index (κ3) is 4.41. The van der Waals surface area contributed by atoms with Gasteiger partial charge in [0.15, 0.2) is 5.16 Å². The van der Waals surface area contributed by atoms with Crippen LogP contribution in [-0.4, -0.2) is 9.97 Å². The standard InChI is InChI=1S/C23H17FN2S/c24-20-13-11-17(12-14-20)16-27-23-25-21(18-7-3-1-4-8-18)15-22(26-23)19-9-5-2-6-10-19/h1-15H,16H2. The molecule has 0 bridgehead atoms. The molecule has 4 rings (SSSR count). The lowest BCUT2D eigenvalue weighted by Gasteiger charge is -2.09. The van der Waals surface area contributed by atoms with E-state index < -0.39 is 0 Å². The molecule has 2 nitrogen and oxygen atoms in total. The molecule has 0 aliphatic rings. The number of thioether (sulfide) groups is 1. The van der Waals surface area contributed by atoms with E-state index >= 15 is 0 Å². The number of halogens is 1. The molecule has 0 aliphatic carbocycles. The quantitative estimate of drug-likeness (QED) is 0.306. The molecule has 0 spiro atoms. The first kappa shape index (κ1) is 17.4. The van der Waals surface area contributed by atoms with Gasteiger partial charge in [0.05, 0.1) is 11.4 Å². The van der Waals surface area contributed by atoms with Crippen molar-refractivity contribution in [2.24, 2.45) is 0 Å². The van der Waals surface area contributed by atoms with Crippen LogP contribution >= 0.6 is 11.8 Å². The fourth-order valence-electron chi connectivity index (χ4n) is 2.73. The van der Waals surface area contributed by atoms with Crippen LogP contribution in [0.4, 0.5) is 4.39 Å². The lowest BCUT2D eigenvalue weighted by molar-refractivity contribution is 0.627. The van der Waals surface area contributed by atoms with Gasteiger partial charge in [-0.05, 0) is 23.8 Å². The van der Waals surface area contributed by atoms with Crippen molar-refractivity contribution in [1.29, 1.82) is 0 Å². The molecule has 0 saturated carbocycles. The topological polar surface area (TPSA) is 25.8 Å². The number of aromatic nitrogens is 2. The van der Waals surface area contributed by atoms with Gasteiger partial charge >= 0.3 is 0 Å². The summed E-state index contributed by atoms with van der Waals surface area (Å²) in [5.41, 5.74) is 4.94. The minimum atomic E-state index is -0.225. The second-order valence-electron chi connectivity index (χ2n) is 6.07. The highest BCUT2D eigenvalue weighted by atomic mass is 32.2. The Balaban J connectivity index is 1.68. The SMILES string of the molecule is Fc1ccc(CSc2nc(-c3ccccc3)cc(-c3ccccc3)n2)cc1. The lowest BCUT2D eigenvalue weighted by Crippen LogP contribution is -1.95. The van der Waals surface area contributed by atoms with Gasteiger partial charge in [-0.3, -0.25) is 0 Å². The van der Waals surface area contributed by atoms with E-state index in [1.165, 1.54) is 12.1 Å². The highest BCUT2D eigenvalue weighted by Gasteiger charge is 2.09. The van der Waals surface area contributed by atoms with Gasteiger partial charge in [-0.1, -0.05) is 84.6 Å². The second kappa shape index (κ2) is 8.14. The maximum atomic E-state index is 13.1. The summed E-state index contributed by atoms with van der Waals surface area (Å²) in [6.45, 7) is 0. The molecule has 0 N–H and O–H groups in total. The van der Waals surface area contributed by atoms with Crippen LogP contribution < -0.4 is 0 Å². The Kier molecular flexibility index (Phi) is 5.26. The van der Waals surface area contributed by atoms with E-state index in [0.29, 0.717) is 10.9 Å². The second-order valence-corrected chi connectivity index (χ2v) is 7.01. The summed E-state index contributed by atoms with van der Waals surface area (Å²) in [6, 6.07) is 28.8. The minimum absolute atomic E-state index is 0.225. The molecule has 1 aromatic heterocycles. The summed E-state index contributed by atoms with van der Waals surface area (Å²) in [4.78, 5) is 9.48. The lowest BCUT2D eigenvalue weighted by atomic mass is 10.1. The number of hydrogen-bond acceptors (Lipinski definition) is 3. The Morgan fingerprint density at radius 3 is 1.70 bits per heavy atom. The summed E-state index contributed by atoms with van der Waals surface area (Å²) in [5.74, 6) is 0.463. The summed E-state index contributed by atoms with van der Waals surface area (Å²) in [7, 11) is 0. The van der Waals surface area contributed by atoms with Gasteiger partial charge in [0.1, 0.15) is 5.82 Å². The molecule has 4 aromatic rings. The zero-order chi connectivity index (χ0) is 18.5. The summed E-state index contributed by atoms with van der Waals surface area (Å²) in [5, 5.41) is 0.708. The molecule has 3 aromatic carbocycles. The van der Waals surface area contributed by atoms with E-state index in [9.17, 15) is 4.39 Å². The maximum absolute atomic E-state index is 13.1. The van der Waals surface area contributed by atoms with Crippen LogP contribution in [-0.2, 0) is 5.75 Å². The van der Waals surface area contributed by atoms with Crippen LogP contribution in [0, 0.1) is 5.82 Å². The van der Waals surface area contributed by atoms with Gasteiger partial charge in [0.2, 0.25) is 0 Å². The van der Waals surface area contributed by atoms with Gasteiger partial charge in [-0.15, -0.1) is 0 Å². The molecule has 0 atom stereocenters. The van der Waals surface area contributed by atoms with Crippen LogP contribution in [0.1, 0.15) is 5.56 Å². The Hall–Kier alpha value is -2.98. The molecule has 27 heavy (non-hydrogen) atoms. The number of rotatable bonds is 5. The normalized spacial score (nSPS) is 10.7. The Morgan fingerprint density at radius 2 is 1.19 bits per heavy atom. The minimum Gasteiger partial charge on any atom is -0.222 e. The third-order valence-electron chi connectivity index (χ3n) is 4.13. The van der Waals surface area contributed by atoms with Crippen LogP contribution in [0.15, 0.2) is 96.2 Å². The Morgan fingerprint density at radius 1 is 0.667 bits per heavy atom. The van der Waals surface area contributed by atoms with E-state index in [1.807, 2.05) is 66.7 Å². The van der Waals surface area contributed by atoms with Gasteiger partial charge in [0, 0.05) is 16.9 Å². The fraction of sp³-hybridized carbons (Fsp3) is 0.0435. The molecular weight excluding hydrogens is 355 g/mol. The molecule has 132 valence electrons. The smallest absolute Gasteiger partial charge is 0.189 e. The van der Waals surface area contributed by atoms with Crippen molar-refractivity contribution in [3.05, 3.63) is 102 Å². The predicted octanol–water partition coefficient (Wildman–Crippen LogP) is 6.24. The highest BCUT2D eigenvalue weighted by Crippen LogP contribution is 2.28. The zero-order valence-electron chi connectivity index (χ0n) is 14.5. The molecule has 0 saturated heterocycles. The van der Waals surface area contributed by atoms with E-state index in [1.54, 1.807) is 23.9 Å². The van der Waals surface area contributed by atoms with E-state index in [2.05, 4.69) is 0 Å². The van der Waals surface area contributed by atoms with Crippen LogP contribution in [0.3, 0.4) is 0 Å². The van der Waals surface area contributed by atoms with Crippen molar-refractivity contribution < 1.29 is 4.39 Å². The summed E-state index contributed by atoms with van der Waals surface area (Å²) < 4.78 is 13.1. The van der Waals surface area contributed by atoms with Gasteiger partial charge in [0.25, 0.3) is 0 Å². The zero-order valence-corrected chi connectivity index (χ0v) is 15.4. The first-order valence-corrected chi connectivity index (χ1v) is 9.64. The summed E-state index contributed by atoms with van der Waals surface area (Å²) >= 11 is 1.55. The highest BCUT2D eigenvalue weighted by molar-refractivity contribution is 7.98. The first-order chi connectivity index (χ1) is 13.3. The van der Waals surface area contributed by atoms with Crippen molar-refractivity contribution >= 4 is 11.8 Å². The molecule has 0 unspecified atom stereocenters. The van der Waals surface area contributed by atoms with Gasteiger partial charge in [-0.25, -0.2) is 14.4 Å². The number of benzene rings is 3. The Labute approximate surface area is 162 Å². The average Bonchev–Trinajstić information content (AvgIpc) is 2.74. The number of nitrogens with zero attached hydrogens (tertiary/aromatic N) is 2. The largest absolute Gasteiger partial charge is 0.222 e. The monoisotopic (exact) mass is 372 g/mol. The van der Waals surface area contributed by atoms with Crippen molar-refractivity contribution in [3.63, 3.8) is 0 Å². The van der Waals surface area contributed by atoms with E-state index in [-0.39, 0.29) is 5.82 Å². The predicted molar refractivity (Wildman–Crippen MR) is 109 cm³/mol. The van der Waals surface area contributed by atoms with Crippen LogP contribution in [0.5, 0.6) is 0 Å². The van der Waals surface area contributed by atoms with Crippen molar-refractivity contribution in [2.45, 2.75) is 10.9 Å². The summed E-state index contributed by atoms with van der Waals surface area (Å²) in [6.07, 6.45) is 0. The van der Waals surface area contributed by atoms with Crippen molar-refractivity contribution in [2.75, 3.05) is 0 Å². The third-order valence-corrected chi connectivity index (χ3v) is 5.04. The van der Waals surface area contributed by atoms with Crippen LogP contribution in [0.2, 0.25) is 0 Å². The van der Waals surface area contributed by atoms with Crippen LogP contribution in [0.25, 0.3) is 22.5 Å². The molecule has 0 fully saturated rings. The molecule has 1 heterocycles. The molecule has 0 aliphatic heterocycles. The van der Waals surface area contributed by atoms with Gasteiger partial charge in [-0.2, -0.15) is 0 Å². The van der Waals surface area contributed by atoms with Gasteiger partial charge < -0.3 is 0 Å². The first-order valence-electron chi connectivity index (χ1n) is 8.65. The number of hydrogen-bond donors (Lipinski definition) is 0. The molecule has 0 radical (unpaired) electrons. The van der Waals surface area contributed by atoms with Crippen molar-refractivity contribution in [3.8, 4) is 22.5 Å². The van der Waals surface area contributed by atoms with E-state index in [0.717, 1.165) is 28.1 Å².